The molecule has 2 rings (SSSR count). The Morgan fingerprint density at radius 2 is 2.00 bits per heavy atom. The smallest absolute Gasteiger partial charge is 0.119 e. The second-order valence-electron chi connectivity index (χ2n) is 5.91. The van der Waals surface area contributed by atoms with Gasteiger partial charge in [-0.25, -0.2) is 0 Å². The van der Waals surface area contributed by atoms with E-state index in [2.05, 4.69) is 49.9 Å². The summed E-state index contributed by atoms with van der Waals surface area (Å²) in [5.41, 5.74) is 1.38. The topological polar surface area (TPSA) is 12.5 Å². The van der Waals surface area contributed by atoms with Gasteiger partial charge in [-0.3, -0.25) is 4.90 Å². The van der Waals surface area contributed by atoms with Gasteiger partial charge in [0.15, 0.2) is 0 Å². The Bertz CT molecular complexity index is 369. The summed E-state index contributed by atoms with van der Waals surface area (Å²) in [6.07, 6.45) is 4.04. The molecule has 0 spiro atoms. The van der Waals surface area contributed by atoms with Gasteiger partial charge in [0, 0.05) is 6.54 Å². The Hall–Kier alpha value is -1.02. The molecule has 19 heavy (non-hydrogen) atoms. The van der Waals surface area contributed by atoms with Crippen molar-refractivity contribution >= 4 is 0 Å². The zero-order valence-corrected chi connectivity index (χ0v) is 12.6. The van der Waals surface area contributed by atoms with Gasteiger partial charge >= 0.3 is 0 Å². The third kappa shape index (κ3) is 4.24. The van der Waals surface area contributed by atoms with Crippen LogP contribution in [-0.4, -0.2) is 30.6 Å². The van der Waals surface area contributed by atoms with Gasteiger partial charge in [-0.2, -0.15) is 0 Å². The van der Waals surface area contributed by atoms with E-state index in [1.54, 1.807) is 0 Å². The standard InChI is InChI=1S/C17H27NO/c1-4-11-18-12-5-6-17(13-18)19-16-9-7-15(8-10-16)14(2)3/h7-10,14,17H,4-6,11-13H2,1-3H3. The first-order valence-corrected chi connectivity index (χ1v) is 7.68. The van der Waals surface area contributed by atoms with E-state index < -0.39 is 0 Å². The van der Waals surface area contributed by atoms with Crippen LogP contribution in [0.15, 0.2) is 24.3 Å². The van der Waals surface area contributed by atoms with E-state index >= 15 is 0 Å². The van der Waals surface area contributed by atoms with Crippen molar-refractivity contribution < 1.29 is 4.74 Å². The molecule has 1 saturated heterocycles. The molecule has 0 N–H and O–H groups in total. The molecule has 2 heteroatoms. The van der Waals surface area contributed by atoms with Crippen molar-refractivity contribution in [1.82, 2.24) is 4.90 Å². The molecule has 1 aromatic rings. The second kappa shape index (κ2) is 6.95. The van der Waals surface area contributed by atoms with E-state index in [0.717, 1.165) is 12.3 Å². The molecule has 1 aromatic carbocycles. The van der Waals surface area contributed by atoms with Crippen molar-refractivity contribution in [3.63, 3.8) is 0 Å². The molecule has 1 aliphatic rings. The van der Waals surface area contributed by atoms with Gasteiger partial charge < -0.3 is 4.74 Å². The molecule has 1 heterocycles. The molecule has 106 valence electrons. The molecular weight excluding hydrogens is 234 g/mol. The second-order valence-corrected chi connectivity index (χ2v) is 5.91. The van der Waals surface area contributed by atoms with Crippen LogP contribution in [-0.2, 0) is 0 Å². The van der Waals surface area contributed by atoms with Crippen LogP contribution in [0.5, 0.6) is 5.75 Å². The largest absolute Gasteiger partial charge is 0.489 e. The van der Waals surface area contributed by atoms with Gasteiger partial charge in [-0.15, -0.1) is 0 Å². The third-order valence-corrected chi connectivity index (χ3v) is 3.85. The number of hydrogen-bond donors (Lipinski definition) is 0. The Labute approximate surface area is 117 Å². The molecule has 1 fully saturated rings. The number of hydrogen-bond acceptors (Lipinski definition) is 2. The molecule has 1 atom stereocenters. The molecule has 1 unspecified atom stereocenters. The number of rotatable bonds is 5. The Morgan fingerprint density at radius 3 is 2.63 bits per heavy atom. The normalized spacial score (nSPS) is 20.7. The summed E-state index contributed by atoms with van der Waals surface area (Å²) >= 11 is 0. The Kier molecular flexibility index (Phi) is 5.26. The molecule has 1 aliphatic heterocycles. The summed E-state index contributed by atoms with van der Waals surface area (Å²) in [6.45, 7) is 10.2. The van der Waals surface area contributed by atoms with Gasteiger partial charge in [0.05, 0.1) is 0 Å². The van der Waals surface area contributed by atoms with Crippen LogP contribution < -0.4 is 4.74 Å². The first-order valence-electron chi connectivity index (χ1n) is 7.68. The van der Waals surface area contributed by atoms with Crippen LogP contribution in [0, 0.1) is 0 Å². The lowest BCUT2D eigenvalue weighted by molar-refractivity contribution is 0.0887. The fourth-order valence-corrected chi connectivity index (χ4v) is 2.75. The number of nitrogens with zero attached hydrogens (tertiary/aromatic N) is 1. The van der Waals surface area contributed by atoms with Crippen molar-refractivity contribution in [3.8, 4) is 5.75 Å². The van der Waals surface area contributed by atoms with E-state index in [0.29, 0.717) is 12.0 Å². The molecule has 0 saturated carbocycles. The lowest BCUT2D eigenvalue weighted by Crippen LogP contribution is -2.41. The fourth-order valence-electron chi connectivity index (χ4n) is 2.75. The van der Waals surface area contributed by atoms with E-state index in [-0.39, 0.29) is 0 Å². The predicted molar refractivity (Wildman–Crippen MR) is 80.9 cm³/mol. The Morgan fingerprint density at radius 1 is 1.26 bits per heavy atom. The minimum absolute atomic E-state index is 0.366. The number of benzene rings is 1. The maximum atomic E-state index is 6.12. The maximum Gasteiger partial charge on any atom is 0.119 e. The minimum atomic E-state index is 0.366. The lowest BCUT2D eigenvalue weighted by Gasteiger charge is -2.32. The molecule has 0 radical (unpaired) electrons. The monoisotopic (exact) mass is 261 g/mol. The minimum Gasteiger partial charge on any atom is -0.489 e. The quantitative estimate of drug-likeness (QED) is 0.792. The third-order valence-electron chi connectivity index (χ3n) is 3.85. The summed E-state index contributed by atoms with van der Waals surface area (Å²) in [7, 11) is 0. The van der Waals surface area contributed by atoms with Crippen LogP contribution in [0.2, 0.25) is 0 Å². The highest BCUT2D eigenvalue weighted by Gasteiger charge is 2.20. The molecule has 2 nitrogen and oxygen atoms in total. The van der Waals surface area contributed by atoms with E-state index in [1.807, 2.05) is 0 Å². The molecule has 0 aromatic heterocycles. The van der Waals surface area contributed by atoms with Crippen LogP contribution in [0.1, 0.15) is 51.5 Å². The number of piperidine rings is 1. The number of likely N-dealkylation sites (tertiary alicyclic amines) is 1. The average molecular weight is 261 g/mol. The maximum absolute atomic E-state index is 6.12. The van der Waals surface area contributed by atoms with E-state index in [1.165, 1.54) is 37.9 Å². The predicted octanol–water partition coefficient (Wildman–Crippen LogP) is 4.06. The van der Waals surface area contributed by atoms with Crippen LogP contribution in [0.25, 0.3) is 0 Å². The highest BCUT2D eigenvalue weighted by Crippen LogP contribution is 2.22. The summed E-state index contributed by atoms with van der Waals surface area (Å²) in [5, 5.41) is 0. The van der Waals surface area contributed by atoms with Gasteiger partial charge in [0.25, 0.3) is 0 Å². The van der Waals surface area contributed by atoms with Crippen LogP contribution in [0.3, 0.4) is 0 Å². The van der Waals surface area contributed by atoms with Gasteiger partial charge in [-0.05, 0) is 56.0 Å². The highest BCUT2D eigenvalue weighted by atomic mass is 16.5. The zero-order valence-electron chi connectivity index (χ0n) is 12.6. The number of ether oxygens (including phenoxy) is 1. The van der Waals surface area contributed by atoms with Crippen LogP contribution in [0.4, 0.5) is 0 Å². The molecular formula is C17H27NO. The van der Waals surface area contributed by atoms with E-state index in [4.69, 9.17) is 4.74 Å². The summed E-state index contributed by atoms with van der Waals surface area (Å²) in [6, 6.07) is 8.61. The first kappa shape index (κ1) is 14.4. The Balaban J connectivity index is 1.89. The van der Waals surface area contributed by atoms with Gasteiger partial charge in [-0.1, -0.05) is 32.9 Å². The zero-order chi connectivity index (χ0) is 13.7. The SMILES string of the molecule is CCCN1CCCC(Oc2ccc(C(C)C)cc2)C1. The van der Waals surface area contributed by atoms with E-state index in [9.17, 15) is 0 Å². The highest BCUT2D eigenvalue weighted by molar-refractivity contribution is 5.29. The fraction of sp³-hybridized carbons (Fsp3) is 0.647. The van der Waals surface area contributed by atoms with Crippen molar-refractivity contribution in [2.24, 2.45) is 0 Å². The molecule has 0 aliphatic carbocycles. The summed E-state index contributed by atoms with van der Waals surface area (Å²) in [4.78, 5) is 2.52. The van der Waals surface area contributed by atoms with Crippen molar-refractivity contribution in [1.29, 1.82) is 0 Å². The van der Waals surface area contributed by atoms with Gasteiger partial charge in [0.1, 0.15) is 11.9 Å². The van der Waals surface area contributed by atoms with Crippen molar-refractivity contribution in [3.05, 3.63) is 29.8 Å². The van der Waals surface area contributed by atoms with Gasteiger partial charge in [0.2, 0.25) is 0 Å². The molecule has 0 amide bonds. The van der Waals surface area contributed by atoms with Crippen LogP contribution >= 0.6 is 0 Å². The average Bonchev–Trinajstić information content (AvgIpc) is 2.40. The summed E-state index contributed by atoms with van der Waals surface area (Å²) in [5.74, 6) is 1.61. The lowest BCUT2D eigenvalue weighted by atomic mass is 10.0. The van der Waals surface area contributed by atoms with Crippen molar-refractivity contribution in [2.75, 3.05) is 19.6 Å². The van der Waals surface area contributed by atoms with Crippen molar-refractivity contribution in [2.45, 2.75) is 52.1 Å². The summed E-state index contributed by atoms with van der Waals surface area (Å²) < 4.78 is 6.12. The molecule has 0 bridgehead atoms. The first-order chi connectivity index (χ1) is 9.19.